The quantitative estimate of drug-likeness (QED) is 0.899. The number of hydrogen-bond donors (Lipinski definition) is 1. The monoisotopic (exact) mass is 345 g/mol. The molecule has 0 aliphatic carbocycles. The molecule has 3 rings (SSSR count). The number of nitrogens with zero attached hydrogens (tertiary/aromatic N) is 2. The van der Waals surface area contributed by atoms with Crippen molar-refractivity contribution in [2.75, 3.05) is 26.7 Å². The van der Waals surface area contributed by atoms with Gasteiger partial charge in [0.25, 0.3) is 0 Å². The summed E-state index contributed by atoms with van der Waals surface area (Å²) >= 11 is 0. The summed E-state index contributed by atoms with van der Waals surface area (Å²) in [6.45, 7) is 7.10. The van der Waals surface area contributed by atoms with Gasteiger partial charge >= 0.3 is 0 Å². The van der Waals surface area contributed by atoms with Gasteiger partial charge in [0.05, 0.1) is 18.7 Å². The average Bonchev–Trinajstić information content (AvgIpc) is 3.10. The third kappa shape index (κ3) is 3.23. The molecule has 2 fully saturated rings. The smallest absolute Gasteiger partial charge is 0.242 e. The summed E-state index contributed by atoms with van der Waals surface area (Å²) in [6.07, 6.45) is 0. The molecule has 2 amide bonds. The Bertz CT molecular complexity index is 665. The van der Waals surface area contributed by atoms with Gasteiger partial charge in [0.1, 0.15) is 5.75 Å². The van der Waals surface area contributed by atoms with Crippen LogP contribution in [0.2, 0.25) is 0 Å². The molecule has 136 valence electrons. The molecular formula is C19H27N3O3. The third-order valence-electron chi connectivity index (χ3n) is 5.36. The molecule has 25 heavy (non-hydrogen) atoms. The van der Waals surface area contributed by atoms with Gasteiger partial charge in [0.2, 0.25) is 11.8 Å². The molecule has 6 heteroatoms. The van der Waals surface area contributed by atoms with Crippen LogP contribution in [0.5, 0.6) is 5.75 Å². The molecule has 2 saturated heterocycles. The van der Waals surface area contributed by atoms with E-state index in [4.69, 9.17) is 10.5 Å². The zero-order chi connectivity index (χ0) is 18.4. The van der Waals surface area contributed by atoms with Crippen LogP contribution in [0, 0.1) is 11.8 Å². The highest BCUT2D eigenvalue weighted by atomic mass is 16.5. The number of amides is 2. The van der Waals surface area contributed by atoms with Crippen LogP contribution < -0.4 is 10.5 Å². The van der Waals surface area contributed by atoms with Crippen molar-refractivity contribution in [3.63, 3.8) is 0 Å². The summed E-state index contributed by atoms with van der Waals surface area (Å²) in [5.74, 6) is 1.38. The van der Waals surface area contributed by atoms with Crippen LogP contribution in [-0.2, 0) is 9.59 Å². The Kier molecular flexibility index (Phi) is 4.49. The fraction of sp³-hybridized carbons (Fsp3) is 0.579. The first-order valence-corrected chi connectivity index (χ1v) is 8.71. The molecule has 2 aliphatic rings. The second-order valence-corrected chi connectivity index (χ2v) is 7.75. The summed E-state index contributed by atoms with van der Waals surface area (Å²) in [5, 5.41) is 0. The SMILES string of the molecule is COc1ccc([C@H]2[C@@H]3CN(C(=O)C(C)(C)N)C[C@@H]3CN2C(C)=O)cc1. The standard InChI is InChI=1S/C19H27N3O3/c1-12(23)22-10-14-9-21(18(24)19(2,3)20)11-16(14)17(22)13-5-7-15(25-4)8-6-13/h5-8,14,16-17H,9-11,20H2,1-4H3/t14-,16-,17+/m1/s1. The van der Waals surface area contributed by atoms with Gasteiger partial charge in [0, 0.05) is 38.4 Å². The van der Waals surface area contributed by atoms with Gasteiger partial charge in [-0.1, -0.05) is 12.1 Å². The van der Waals surface area contributed by atoms with E-state index in [1.54, 1.807) is 27.9 Å². The van der Waals surface area contributed by atoms with E-state index < -0.39 is 5.54 Å². The van der Waals surface area contributed by atoms with Gasteiger partial charge < -0.3 is 20.3 Å². The number of benzene rings is 1. The number of nitrogens with two attached hydrogens (primary N) is 1. The maximum Gasteiger partial charge on any atom is 0.242 e. The summed E-state index contributed by atoms with van der Waals surface area (Å²) in [7, 11) is 1.64. The fourth-order valence-corrected chi connectivity index (χ4v) is 4.17. The lowest BCUT2D eigenvalue weighted by Gasteiger charge is -2.31. The highest BCUT2D eigenvalue weighted by Gasteiger charge is 2.50. The van der Waals surface area contributed by atoms with Crippen molar-refractivity contribution in [1.82, 2.24) is 9.80 Å². The maximum absolute atomic E-state index is 12.5. The van der Waals surface area contributed by atoms with Crippen molar-refractivity contribution in [1.29, 1.82) is 0 Å². The highest BCUT2D eigenvalue weighted by molar-refractivity contribution is 5.85. The molecule has 1 aromatic rings. The number of carbonyl (C=O) groups is 2. The number of carbonyl (C=O) groups excluding carboxylic acids is 2. The van der Waals surface area contributed by atoms with Crippen molar-refractivity contribution in [3.8, 4) is 5.75 Å². The first-order valence-electron chi connectivity index (χ1n) is 8.71. The second kappa shape index (κ2) is 6.33. The van der Waals surface area contributed by atoms with E-state index in [1.807, 2.05) is 34.1 Å². The van der Waals surface area contributed by atoms with Gasteiger partial charge in [-0.05, 0) is 31.5 Å². The number of fused-ring (bicyclic) bond motifs is 1. The average molecular weight is 345 g/mol. The minimum absolute atomic E-state index is 0.00732. The Morgan fingerprint density at radius 2 is 1.80 bits per heavy atom. The molecule has 2 N–H and O–H groups in total. The lowest BCUT2D eigenvalue weighted by molar-refractivity contribution is -0.135. The first kappa shape index (κ1) is 17.7. The second-order valence-electron chi connectivity index (χ2n) is 7.75. The van der Waals surface area contributed by atoms with E-state index in [0.29, 0.717) is 25.6 Å². The summed E-state index contributed by atoms with van der Waals surface area (Å²) in [4.78, 5) is 28.5. The van der Waals surface area contributed by atoms with E-state index in [-0.39, 0.29) is 23.8 Å². The van der Waals surface area contributed by atoms with Crippen molar-refractivity contribution >= 4 is 11.8 Å². The Labute approximate surface area is 148 Å². The largest absolute Gasteiger partial charge is 0.497 e. The van der Waals surface area contributed by atoms with Crippen molar-refractivity contribution < 1.29 is 14.3 Å². The molecule has 0 saturated carbocycles. The van der Waals surface area contributed by atoms with Gasteiger partial charge in [-0.25, -0.2) is 0 Å². The van der Waals surface area contributed by atoms with Crippen molar-refractivity contribution in [2.45, 2.75) is 32.4 Å². The lowest BCUT2D eigenvalue weighted by atomic mass is 9.89. The topological polar surface area (TPSA) is 75.9 Å². The molecule has 0 radical (unpaired) electrons. The molecule has 2 heterocycles. The van der Waals surface area contributed by atoms with E-state index in [9.17, 15) is 9.59 Å². The molecule has 1 aromatic carbocycles. The lowest BCUT2D eigenvalue weighted by Crippen LogP contribution is -2.51. The van der Waals surface area contributed by atoms with Crippen molar-refractivity contribution in [3.05, 3.63) is 29.8 Å². The highest BCUT2D eigenvalue weighted by Crippen LogP contribution is 2.45. The molecule has 3 atom stereocenters. The van der Waals surface area contributed by atoms with Crippen molar-refractivity contribution in [2.24, 2.45) is 17.6 Å². The van der Waals surface area contributed by atoms with Crippen LogP contribution >= 0.6 is 0 Å². The predicted molar refractivity (Wildman–Crippen MR) is 94.9 cm³/mol. The normalized spacial score (nSPS) is 25.9. The van der Waals surface area contributed by atoms with Crippen LogP contribution in [0.3, 0.4) is 0 Å². The minimum atomic E-state index is -0.867. The third-order valence-corrected chi connectivity index (χ3v) is 5.36. The van der Waals surface area contributed by atoms with Crippen LogP contribution in [0.15, 0.2) is 24.3 Å². The number of likely N-dealkylation sites (tertiary alicyclic amines) is 2. The maximum atomic E-state index is 12.5. The van der Waals surface area contributed by atoms with Crippen LogP contribution in [0.25, 0.3) is 0 Å². The molecule has 0 aromatic heterocycles. The van der Waals surface area contributed by atoms with Crippen LogP contribution in [-0.4, -0.2) is 53.9 Å². The zero-order valence-electron chi connectivity index (χ0n) is 15.4. The van der Waals surface area contributed by atoms with Gasteiger partial charge in [-0.2, -0.15) is 0 Å². The zero-order valence-corrected chi connectivity index (χ0v) is 15.4. The number of rotatable bonds is 3. The number of hydrogen-bond acceptors (Lipinski definition) is 4. The summed E-state index contributed by atoms with van der Waals surface area (Å²) in [6, 6.07) is 7.86. The number of ether oxygens (including phenoxy) is 1. The molecule has 2 aliphatic heterocycles. The predicted octanol–water partition coefficient (Wildman–Crippen LogP) is 1.41. The first-order chi connectivity index (χ1) is 11.7. The van der Waals surface area contributed by atoms with E-state index in [2.05, 4.69) is 0 Å². The fourth-order valence-electron chi connectivity index (χ4n) is 4.17. The molecule has 0 spiro atoms. The van der Waals surface area contributed by atoms with Gasteiger partial charge in [-0.3, -0.25) is 9.59 Å². The Morgan fingerprint density at radius 3 is 2.32 bits per heavy atom. The van der Waals surface area contributed by atoms with Crippen LogP contribution in [0.1, 0.15) is 32.4 Å². The van der Waals surface area contributed by atoms with Gasteiger partial charge in [-0.15, -0.1) is 0 Å². The Morgan fingerprint density at radius 1 is 1.16 bits per heavy atom. The summed E-state index contributed by atoms with van der Waals surface area (Å²) < 4.78 is 5.23. The molecule has 0 bridgehead atoms. The number of methoxy groups -OCH3 is 1. The van der Waals surface area contributed by atoms with Crippen LogP contribution in [0.4, 0.5) is 0 Å². The Hall–Kier alpha value is -2.08. The van der Waals surface area contributed by atoms with E-state index in [0.717, 1.165) is 11.3 Å². The molecule has 6 nitrogen and oxygen atoms in total. The van der Waals surface area contributed by atoms with E-state index in [1.165, 1.54) is 0 Å². The molecular weight excluding hydrogens is 318 g/mol. The Balaban J connectivity index is 1.86. The molecule has 0 unspecified atom stereocenters. The van der Waals surface area contributed by atoms with E-state index >= 15 is 0 Å². The van der Waals surface area contributed by atoms with Gasteiger partial charge in [0.15, 0.2) is 0 Å². The minimum Gasteiger partial charge on any atom is -0.497 e. The summed E-state index contributed by atoms with van der Waals surface area (Å²) in [5.41, 5.74) is 6.21.